The molecule has 0 saturated carbocycles. The van der Waals surface area contributed by atoms with Gasteiger partial charge in [0.05, 0.1) is 5.02 Å². The monoisotopic (exact) mass is 280 g/mol. The van der Waals surface area contributed by atoms with E-state index in [2.05, 4.69) is 0 Å². The van der Waals surface area contributed by atoms with E-state index in [-0.39, 0.29) is 12.4 Å². The van der Waals surface area contributed by atoms with Crippen molar-refractivity contribution in [3.8, 4) is 5.75 Å². The molecule has 3 N–H and O–H groups in total. The van der Waals surface area contributed by atoms with Gasteiger partial charge in [0, 0.05) is 0 Å². The number of aryl methyl sites for hydroxylation is 1. The van der Waals surface area contributed by atoms with E-state index in [1.54, 1.807) is 12.1 Å². The van der Waals surface area contributed by atoms with Gasteiger partial charge in [0.2, 0.25) is 0 Å². The number of nitrogens with one attached hydrogen (secondary N) is 1. The number of halogens is 1. The molecule has 0 bridgehead atoms. The number of furan rings is 1. The second-order valence-electron chi connectivity index (χ2n) is 3.91. The SMILES string of the molecule is Cc1cccc(Cl)c1OCc1ccc(C(=O)NN)o1. The summed E-state index contributed by atoms with van der Waals surface area (Å²) in [4.78, 5) is 11.2. The number of hydrazine groups is 1. The van der Waals surface area contributed by atoms with Crippen molar-refractivity contribution in [3.63, 3.8) is 0 Å². The molecule has 5 nitrogen and oxygen atoms in total. The van der Waals surface area contributed by atoms with Crippen molar-refractivity contribution in [2.24, 2.45) is 5.84 Å². The van der Waals surface area contributed by atoms with Gasteiger partial charge in [-0.15, -0.1) is 0 Å². The fraction of sp³-hybridized carbons (Fsp3) is 0.154. The number of hydrogen-bond donors (Lipinski definition) is 2. The summed E-state index contributed by atoms with van der Waals surface area (Å²) in [7, 11) is 0. The summed E-state index contributed by atoms with van der Waals surface area (Å²) >= 11 is 6.04. The van der Waals surface area contributed by atoms with Crippen LogP contribution in [0.3, 0.4) is 0 Å². The van der Waals surface area contributed by atoms with Gasteiger partial charge in [0.15, 0.2) is 5.76 Å². The standard InChI is InChI=1S/C13H13ClN2O3/c1-8-3-2-4-10(14)12(8)18-7-9-5-6-11(19-9)13(17)16-15/h2-6H,7,15H2,1H3,(H,16,17). The van der Waals surface area contributed by atoms with Crippen LogP contribution in [0.2, 0.25) is 5.02 Å². The largest absolute Gasteiger partial charge is 0.484 e. The van der Waals surface area contributed by atoms with Gasteiger partial charge in [-0.2, -0.15) is 0 Å². The minimum Gasteiger partial charge on any atom is -0.484 e. The van der Waals surface area contributed by atoms with Crippen LogP contribution in [0.1, 0.15) is 21.9 Å². The Morgan fingerprint density at radius 1 is 1.42 bits per heavy atom. The highest BCUT2D eigenvalue weighted by Gasteiger charge is 2.11. The minimum absolute atomic E-state index is 0.136. The lowest BCUT2D eigenvalue weighted by Crippen LogP contribution is -2.29. The van der Waals surface area contributed by atoms with Crippen LogP contribution in [-0.4, -0.2) is 5.91 Å². The summed E-state index contributed by atoms with van der Waals surface area (Å²) in [5.74, 6) is 5.77. The number of carbonyl (C=O) groups is 1. The number of para-hydroxylation sites is 1. The third kappa shape index (κ3) is 3.07. The maximum atomic E-state index is 11.2. The first-order chi connectivity index (χ1) is 9.11. The molecule has 1 aromatic heterocycles. The van der Waals surface area contributed by atoms with Crippen LogP contribution in [0.25, 0.3) is 0 Å². The molecule has 1 aromatic carbocycles. The maximum absolute atomic E-state index is 11.2. The van der Waals surface area contributed by atoms with E-state index >= 15 is 0 Å². The van der Waals surface area contributed by atoms with Crippen molar-refractivity contribution in [2.75, 3.05) is 0 Å². The first-order valence-electron chi connectivity index (χ1n) is 5.59. The van der Waals surface area contributed by atoms with Crippen LogP contribution in [0.5, 0.6) is 5.75 Å². The first kappa shape index (κ1) is 13.5. The highest BCUT2D eigenvalue weighted by Crippen LogP contribution is 2.28. The van der Waals surface area contributed by atoms with Gasteiger partial charge in [-0.05, 0) is 30.7 Å². The zero-order valence-corrected chi connectivity index (χ0v) is 11.0. The van der Waals surface area contributed by atoms with Gasteiger partial charge >= 0.3 is 5.91 Å². The van der Waals surface area contributed by atoms with E-state index in [4.69, 9.17) is 26.6 Å². The lowest BCUT2D eigenvalue weighted by molar-refractivity contribution is 0.0922. The van der Waals surface area contributed by atoms with Crippen LogP contribution in [0.4, 0.5) is 0 Å². The number of nitrogens with two attached hydrogens (primary N) is 1. The molecule has 0 radical (unpaired) electrons. The van der Waals surface area contributed by atoms with E-state index in [0.717, 1.165) is 5.56 Å². The Kier molecular flexibility index (Phi) is 4.09. The Morgan fingerprint density at radius 3 is 2.89 bits per heavy atom. The molecule has 0 saturated heterocycles. The van der Waals surface area contributed by atoms with Gasteiger partial charge in [-0.1, -0.05) is 23.7 Å². The first-order valence-corrected chi connectivity index (χ1v) is 5.97. The Labute approximate surface area is 115 Å². The molecule has 6 heteroatoms. The molecule has 0 aliphatic heterocycles. The number of hydrogen-bond acceptors (Lipinski definition) is 4. The summed E-state index contributed by atoms with van der Waals surface area (Å²) in [5, 5.41) is 0.534. The summed E-state index contributed by atoms with van der Waals surface area (Å²) < 4.78 is 10.9. The highest BCUT2D eigenvalue weighted by molar-refractivity contribution is 6.32. The molecule has 1 heterocycles. The van der Waals surface area contributed by atoms with E-state index < -0.39 is 5.91 Å². The predicted octanol–water partition coefficient (Wildman–Crippen LogP) is 2.42. The fourth-order valence-electron chi connectivity index (χ4n) is 1.59. The zero-order chi connectivity index (χ0) is 13.8. The Hall–Kier alpha value is -1.98. The molecule has 2 aromatic rings. The number of benzene rings is 1. The average Bonchev–Trinajstić information content (AvgIpc) is 2.86. The molecule has 0 aliphatic carbocycles. The van der Waals surface area contributed by atoms with E-state index in [9.17, 15) is 4.79 Å². The van der Waals surface area contributed by atoms with Crippen LogP contribution in [0.15, 0.2) is 34.7 Å². The third-order valence-corrected chi connectivity index (χ3v) is 2.84. The van der Waals surface area contributed by atoms with Crippen LogP contribution in [0, 0.1) is 6.92 Å². The summed E-state index contributed by atoms with van der Waals surface area (Å²) in [6.07, 6.45) is 0. The normalized spacial score (nSPS) is 10.3. The topological polar surface area (TPSA) is 77.5 Å². The van der Waals surface area contributed by atoms with Crippen LogP contribution < -0.4 is 16.0 Å². The Balaban J connectivity index is 2.07. The summed E-state index contributed by atoms with van der Waals surface area (Å²) in [5.41, 5.74) is 2.92. The molecular weight excluding hydrogens is 268 g/mol. The number of nitrogen functional groups attached to an aromatic ring is 1. The molecule has 0 fully saturated rings. The Bertz CT molecular complexity index is 575. The second-order valence-corrected chi connectivity index (χ2v) is 4.32. The number of amides is 1. The number of ether oxygens (including phenoxy) is 1. The smallest absolute Gasteiger partial charge is 0.300 e. The molecule has 0 spiro atoms. The molecule has 0 unspecified atom stereocenters. The number of rotatable bonds is 4. The predicted molar refractivity (Wildman–Crippen MR) is 70.9 cm³/mol. The second kappa shape index (κ2) is 5.77. The van der Waals surface area contributed by atoms with E-state index in [1.807, 2.05) is 24.5 Å². The molecule has 100 valence electrons. The van der Waals surface area contributed by atoms with Crippen molar-refractivity contribution in [1.82, 2.24) is 5.43 Å². The lowest BCUT2D eigenvalue weighted by Gasteiger charge is -2.09. The lowest BCUT2D eigenvalue weighted by atomic mass is 10.2. The molecule has 19 heavy (non-hydrogen) atoms. The third-order valence-electron chi connectivity index (χ3n) is 2.54. The van der Waals surface area contributed by atoms with Crippen LogP contribution in [-0.2, 0) is 6.61 Å². The molecule has 1 amide bonds. The van der Waals surface area contributed by atoms with Crippen LogP contribution >= 0.6 is 11.6 Å². The van der Waals surface area contributed by atoms with E-state index in [0.29, 0.717) is 16.5 Å². The van der Waals surface area contributed by atoms with Crippen molar-refractivity contribution >= 4 is 17.5 Å². The van der Waals surface area contributed by atoms with Gasteiger partial charge in [-0.25, -0.2) is 5.84 Å². The van der Waals surface area contributed by atoms with Crippen molar-refractivity contribution < 1.29 is 13.9 Å². The maximum Gasteiger partial charge on any atom is 0.300 e. The highest BCUT2D eigenvalue weighted by atomic mass is 35.5. The Morgan fingerprint density at radius 2 is 2.21 bits per heavy atom. The summed E-state index contributed by atoms with van der Waals surface area (Å²) in [6, 6.07) is 8.67. The zero-order valence-electron chi connectivity index (χ0n) is 10.3. The van der Waals surface area contributed by atoms with Gasteiger partial charge in [0.25, 0.3) is 0 Å². The molecule has 2 rings (SSSR count). The van der Waals surface area contributed by atoms with Gasteiger partial charge in [-0.3, -0.25) is 10.2 Å². The number of carbonyl (C=O) groups excluding carboxylic acids is 1. The van der Waals surface area contributed by atoms with Gasteiger partial charge < -0.3 is 9.15 Å². The minimum atomic E-state index is -0.486. The van der Waals surface area contributed by atoms with Crippen molar-refractivity contribution in [2.45, 2.75) is 13.5 Å². The van der Waals surface area contributed by atoms with E-state index in [1.165, 1.54) is 6.07 Å². The fourth-order valence-corrected chi connectivity index (χ4v) is 1.87. The van der Waals surface area contributed by atoms with Crippen molar-refractivity contribution in [3.05, 3.63) is 52.4 Å². The molecule has 0 atom stereocenters. The summed E-state index contributed by atoms with van der Waals surface area (Å²) in [6.45, 7) is 2.08. The average molecular weight is 281 g/mol. The van der Waals surface area contributed by atoms with Gasteiger partial charge in [0.1, 0.15) is 18.1 Å². The molecule has 0 aliphatic rings. The molecular formula is C13H13ClN2O3. The quantitative estimate of drug-likeness (QED) is 0.512. The van der Waals surface area contributed by atoms with Crippen molar-refractivity contribution in [1.29, 1.82) is 0 Å².